The van der Waals surface area contributed by atoms with Crippen molar-refractivity contribution in [1.82, 2.24) is 0 Å². The fourth-order valence-corrected chi connectivity index (χ4v) is 0.433. The zero-order valence-electron chi connectivity index (χ0n) is 3.90. The molecule has 28 valence electrons. The fraction of sp³-hybridized carbons (Fsp3) is 0.250. The van der Waals surface area contributed by atoms with Gasteiger partial charge in [-0.3, -0.25) is 0 Å². The molecule has 0 radical (unpaired) electrons. The molecule has 0 aromatic heterocycles. The summed E-state index contributed by atoms with van der Waals surface area (Å²) >= 11 is 0.962. The predicted octanol–water partition coefficient (Wildman–Crippen LogP) is 0.328. The van der Waals surface area contributed by atoms with Crippen molar-refractivity contribution in [2.24, 2.45) is 0 Å². The molecule has 0 aliphatic heterocycles. The van der Waals surface area contributed by atoms with Crippen LogP contribution in [0.3, 0.4) is 0 Å². The number of carbonyl (C=O) groups is 1. The summed E-state index contributed by atoms with van der Waals surface area (Å²) in [6.45, 7) is 3.30. The molecule has 0 saturated heterocycles. The predicted molar refractivity (Wildman–Crippen MR) is 25.8 cm³/mol. The van der Waals surface area contributed by atoms with Gasteiger partial charge >= 0.3 is 54.8 Å². The number of rotatable bonds is 2. The first-order chi connectivity index (χ1) is 2.81. The second kappa shape index (κ2) is 3.59. The Kier molecular flexibility index (Phi) is 3.84. The van der Waals surface area contributed by atoms with Gasteiger partial charge in [-0.2, -0.15) is 0 Å². The summed E-state index contributed by atoms with van der Waals surface area (Å²) in [5, 5.41) is 0. The molecule has 0 N–H and O–H groups in total. The first-order valence-corrected chi connectivity index (χ1v) is 3.38. The summed E-state index contributed by atoms with van der Waals surface area (Å²) in [7, 11) is 0. The Morgan fingerprint density at radius 1 is 2.00 bits per heavy atom. The average molecular weight is 92.1 g/mol. The van der Waals surface area contributed by atoms with Crippen molar-refractivity contribution < 1.29 is 4.79 Å². The van der Waals surface area contributed by atoms with E-state index in [4.69, 9.17) is 0 Å². The monoisotopic (exact) mass is 92.0 g/mol. The summed E-state index contributed by atoms with van der Waals surface area (Å²) in [6.07, 6.45) is 1.37. The van der Waals surface area contributed by atoms with Gasteiger partial charge < -0.3 is 0 Å². The Balaban J connectivity index is 3.23. The maximum atomic E-state index is 10.1. The van der Waals surface area contributed by atoms with Crippen molar-refractivity contribution in [3.63, 3.8) is 0 Å². The van der Waals surface area contributed by atoms with Crippen LogP contribution < -0.4 is 0 Å². The van der Waals surface area contributed by atoms with Crippen molar-refractivity contribution in [3.05, 3.63) is 12.7 Å². The Morgan fingerprint density at radius 3 is 2.50 bits per heavy atom. The number of carbonyl (C=O) groups excluding carboxylic acids is 1. The number of ketones is 1. The maximum absolute atomic E-state index is 10.1. The van der Waals surface area contributed by atoms with E-state index in [1.165, 1.54) is 6.08 Å². The molecule has 6 heavy (non-hydrogen) atoms. The molecular formula is C4H5NaO. The van der Waals surface area contributed by atoms with Crippen molar-refractivity contribution in [2.75, 3.05) is 0 Å². The minimum atomic E-state index is 0.168. The first kappa shape index (κ1) is 6.41. The van der Waals surface area contributed by atoms with Gasteiger partial charge in [0.2, 0.25) is 0 Å². The zero-order valence-corrected chi connectivity index (χ0v) is 5.90. The molecule has 0 aliphatic rings. The van der Waals surface area contributed by atoms with E-state index in [0.717, 1.165) is 27.9 Å². The van der Waals surface area contributed by atoms with Crippen molar-refractivity contribution in [1.29, 1.82) is 0 Å². The molecule has 2 heteroatoms. The van der Waals surface area contributed by atoms with Gasteiger partial charge in [0.15, 0.2) is 0 Å². The van der Waals surface area contributed by atoms with E-state index in [1.807, 2.05) is 0 Å². The SMILES string of the molecule is C=CC(=O)[CH2][Na]. The topological polar surface area (TPSA) is 17.1 Å². The van der Waals surface area contributed by atoms with Gasteiger partial charge in [0, 0.05) is 0 Å². The van der Waals surface area contributed by atoms with Gasteiger partial charge in [-0.25, -0.2) is 0 Å². The molecule has 0 bridgehead atoms. The first-order valence-electron chi connectivity index (χ1n) is 1.96. The van der Waals surface area contributed by atoms with E-state index in [1.54, 1.807) is 0 Å². The van der Waals surface area contributed by atoms with E-state index >= 15 is 0 Å². The Labute approximate surface area is 54.8 Å². The van der Waals surface area contributed by atoms with E-state index < -0.39 is 0 Å². The Hall–Kier alpha value is 0.410. The summed E-state index contributed by atoms with van der Waals surface area (Å²) in [6, 6.07) is 0. The van der Waals surface area contributed by atoms with E-state index in [-0.39, 0.29) is 5.78 Å². The number of hydrogen-bond donors (Lipinski definition) is 0. The zero-order chi connectivity index (χ0) is 4.99. The molecule has 0 amide bonds. The van der Waals surface area contributed by atoms with Crippen LogP contribution in [0.4, 0.5) is 0 Å². The van der Waals surface area contributed by atoms with Gasteiger partial charge in [-0.15, -0.1) is 0 Å². The van der Waals surface area contributed by atoms with Crippen LogP contribution in [0.25, 0.3) is 0 Å². The summed E-state index contributed by atoms with van der Waals surface area (Å²) in [5.41, 5.74) is 0. The number of hydrogen-bond acceptors (Lipinski definition) is 1. The molecular weight excluding hydrogens is 87.0 g/mol. The molecule has 0 atom stereocenters. The second-order valence-electron chi connectivity index (χ2n) is 1.02. The molecule has 0 saturated carbocycles. The van der Waals surface area contributed by atoms with E-state index in [2.05, 4.69) is 6.58 Å². The van der Waals surface area contributed by atoms with Crippen LogP contribution in [-0.2, 0) is 4.79 Å². The van der Waals surface area contributed by atoms with Crippen LogP contribution >= 0.6 is 0 Å². The van der Waals surface area contributed by atoms with Gasteiger partial charge in [-0.05, 0) is 0 Å². The van der Waals surface area contributed by atoms with E-state index in [0.29, 0.717) is 3.67 Å². The van der Waals surface area contributed by atoms with E-state index in [9.17, 15) is 4.79 Å². The summed E-state index contributed by atoms with van der Waals surface area (Å²) in [5.74, 6) is 0.168. The third kappa shape index (κ3) is 2.64. The number of allylic oxidation sites excluding steroid dienone is 1. The Morgan fingerprint density at radius 2 is 2.50 bits per heavy atom. The summed E-state index contributed by atoms with van der Waals surface area (Å²) < 4.78 is 0.712. The van der Waals surface area contributed by atoms with Crippen molar-refractivity contribution >= 4 is 33.7 Å². The molecule has 0 aromatic carbocycles. The minimum absolute atomic E-state index is 0.168. The third-order valence-electron chi connectivity index (χ3n) is 0.576. The molecule has 0 unspecified atom stereocenters. The standard InChI is InChI=1S/C4H5O.Na/c1-3-4(2)5;/h3H,1-2H2;. The van der Waals surface area contributed by atoms with Gasteiger partial charge in [-0.1, -0.05) is 0 Å². The quantitative estimate of drug-likeness (QED) is 0.354. The summed E-state index contributed by atoms with van der Waals surface area (Å²) in [4.78, 5) is 10.1. The van der Waals surface area contributed by atoms with Gasteiger partial charge in [0.1, 0.15) is 0 Å². The van der Waals surface area contributed by atoms with Crippen LogP contribution in [0.2, 0.25) is 3.67 Å². The molecule has 1 nitrogen and oxygen atoms in total. The molecule has 0 rings (SSSR count). The molecule has 0 spiro atoms. The van der Waals surface area contributed by atoms with Crippen molar-refractivity contribution in [2.45, 2.75) is 3.67 Å². The van der Waals surface area contributed by atoms with Crippen LogP contribution in [-0.4, -0.2) is 33.7 Å². The second-order valence-corrected chi connectivity index (χ2v) is 1.73. The van der Waals surface area contributed by atoms with Crippen molar-refractivity contribution in [3.8, 4) is 0 Å². The molecule has 0 fully saturated rings. The van der Waals surface area contributed by atoms with Gasteiger partial charge in [0.05, 0.1) is 0 Å². The Bertz CT molecular complexity index is 67.9. The van der Waals surface area contributed by atoms with Crippen LogP contribution in [0.15, 0.2) is 12.7 Å². The van der Waals surface area contributed by atoms with Crippen LogP contribution in [0, 0.1) is 0 Å². The fourth-order valence-electron chi connectivity index (χ4n) is 0.144. The van der Waals surface area contributed by atoms with Gasteiger partial charge in [0.25, 0.3) is 0 Å². The third-order valence-corrected chi connectivity index (χ3v) is 1.27. The van der Waals surface area contributed by atoms with Crippen LogP contribution in [0.1, 0.15) is 0 Å². The average Bonchev–Trinajstić information content (AvgIpc) is 1.65. The van der Waals surface area contributed by atoms with Crippen LogP contribution in [0.5, 0.6) is 0 Å². The molecule has 0 aromatic rings. The molecule has 0 heterocycles. The normalized spacial score (nSPS) is 7.67. The molecule has 0 aliphatic carbocycles.